The molecule has 172 valence electrons. The van der Waals surface area contributed by atoms with Gasteiger partial charge in [0.2, 0.25) is 5.91 Å². The zero-order valence-electron chi connectivity index (χ0n) is 19.3. The van der Waals surface area contributed by atoms with Crippen LogP contribution in [0.15, 0.2) is 77.7 Å². The molecular formula is C27H30N2O3S. The summed E-state index contributed by atoms with van der Waals surface area (Å²) in [5, 5.41) is 5.58. The molecule has 5 nitrogen and oxygen atoms in total. The SMILES string of the molecule is CCCCOc1ccc(NC(=O)C(C)Sc2ccc(NC(=O)c3ccccc3C)cc2)cc1. The average Bonchev–Trinajstić information content (AvgIpc) is 2.82. The van der Waals surface area contributed by atoms with Gasteiger partial charge in [0, 0.05) is 21.8 Å². The molecule has 33 heavy (non-hydrogen) atoms. The number of carbonyl (C=O) groups is 2. The number of hydrogen-bond donors (Lipinski definition) is 2. The second-order valence-corrected chi connectivity index (χ2v) is 9.18. The average molecular weight is 463 g/mol. The van der Waals surface area contributed by atoms with Crippen LogP contribution >= 0.6 is 11.8 Å². The smallest absolute Gasteiger partial charge is 0.255 e. The molecule has 0 radical (unpaired) electrons. The molecule has 1 atom stereocenters. The van der Waals surface area contributed by atoms with Gasteiger partial charge < -0.3 is 15.4 Å². The van der Waals surface area contributed by atoms with Gasteiger partial charge in [-0.25, -0.2) is 0 Å². The van der Waals surface area contributed by atoms with Crippen LogP contribution < -0.4 is 15.4 Å². The summed E-state index contributed by atoms with van der Waals surface area (Å²) in [4.78, 5) is 26.0. The molecule has 0 saturated heterocycles. The van der Waals surface area contributed by atoms with Gasteiger partial charge in [0.05, 0.1) is 11.9 Å². The van der Waals surface area contributed by atoms with E-state index in [1.54, 1.807) is 0 Å². The maximum absolute atomic E-state index is 12.6. The van der Waals surface area contributed by atoms with Crippen LogP contribution in [0.4, 0.5) is 11.4 Å². The van der Waals surface area contributed by atoms with E-state index in [2.05, 4.69) is 17.6 Å². The van der Waals surface area contributed by atoms with Crippen molar-refractivity contribution in [3.63, 3.8) is 0 Å². The van der Waals surface area contributed by atoms with Crippen LogP contribution in [0.3, 0.4) is 0 Å². The zero-order chi connectivity index (χ0) is 23.6. The van der Waals surface area contributed by atoms with Crippen LogP contribution in [0, 0.1) is 6.92 Å². The Hall–Kier alpha value is -3.25. The monoisotopic (exact) mass is 462 g/mol. The lowest BCUT2D eigenvalue weighted by Crippen LogP contribution is -2.22. The van der Waals surface area contributed by atoms with E-state index in [4.69, 9.17) is 4.74 Å². The summed E-state index contributed by atoms with van der Waals surface area (Å²) in [6.45, 7) is 6.61. The molecule has 0 aliphatic heterocycles. The van der Waals surface area contributed by atoms with Crippen molar-refractivity contribution in [1.29, 1.82) is 0 Å². The first-order valence-corrected chi connectivity index (χ1v) is 12.0. The Bertz CT molecular complexity index is 1070. The third-order valence-electron chi connectivity index (χ3n) is 5.07. The second kappa shape index (κ2) is 12.1. The number of carbonyl (C=O) groups excluding carboxylic acids is 2. The van der Waals surface area contributed by atoms with E-state index in [1.807, 2.05) is 86.6 Å². The van der Waals surface area contributed by atoms with Gasteiger partial charge in [0.25, 0.3) is 5.91 Å². The molecule has 0 heterocycles. The van der Waals surface area contributed by atoms with Gasteiger partial charge in [-0.15, -0.1) is 11.8 Å². The molecule has 0 aliphatic carbocycles. The highest BCUT2D eigenvalue weighted by Gasteiger charge is 2.15. The fourth-order valence-electron chi connectivity index (χ4n) is 3.11. The lowest BCUT2D eigenvalue weighted by Gasteiger charge is -2.13. The molecule has 0 aliphatic rings. The van der Waals surface area contributed by atoms with Crippen molar-refractivity contribution in [2.45, 2.75) is 43.8 Å². The Balaban J connectivity index is 1.50. The fourth-order valence-corrected chi connectivity index (χ4v) is 3.98. The molecular weight excluding hydrogens is 432 g/mol. The minimum Gasteiger partial charge on any atom is -0.494 e. The predicted molar refractivity (Wildman–Crippen MR) is 136 cm³/mol. The van der Waals surface area contributed by atoms with E-state index in [0.717, 1.165) is 34.7 Å². The summed E-state index contributed by atoms with van der Waals surface area (Å²) in [5.74, 6) is 0.595. The van der Waals surface area contributed by atoms with E-state index >= 15 is 0 Å². The number of ether oxygens (including phenoxy) is 1. The summed E-state index contributed by atoms with van der Waals surface area (Å²) >= 11 is 1.46. The molecule has 0 bridgehead atoms. The molecule has 3 aromatic rings. The topological polar surface area (TPSA) is 67.4 Å². The number of amides is 2. The number of unbranched alkanes of at least 4 members (excludes halogenated alkanes) is 1. The van der Waals surface area contributed by atoms with E-state index < -0.39 is 0 Å². The molecule has 0 aromatic heterocycles. The highest BCUT2D eigenvalue weighted by Crippen LogP contribution is 2.26. The number of aryl methyl sites for hydroxylation is 1. The van der Waals surface area contributed by atoms with E-state index in [9.17, 15) is 9.59 Å². The zero-order valence-corrected chi connectivity index (χ0v) is 20.1. The molecule has 1 unspecified atom stereocenters. The number of rotatable bonds is 10. The highest BCUT2D eigenvalue weighted by atomic mass is 32.2. The Labute approximate surface area is 199 Å². The maximum Gasteiger partial charge on any atom is 0.255 e. The molecule has 2 amide bonds. The summed E-state index contributed by atoms with van der Waals surface area (Å²) in [5.41, 5.74) is 3.04. The van der Waals surface area contributed by atoms with Gasteiger partial charge in [-0.2, -0.15) is 0 Å². The Kier molecular flexibility index (Phi) is 8.95. The maximum atomic E-state index is 12.6. The number of anilines is 2. The summed E-state index contributed by atoms with van der Waals surface area (Å²) in [7, 11) is 0. The van der Waals surface area contributed by atoms with Crippen molar-refractivity contribution in [1.82, 2.24) is 0 Å². The van der Waals surface area contributed by atoms with Crippen molar-refractivity contribution < 1.29 is 14.3 Å². The standard InChI is InChI=1S/C27H30N2O3S/c1-4-5-18-32-23-14-10-21(11-15-23)28-26(30)20(3)33-24-16-12-22(13-17-24)29-27(31)25-9-7-6-8-19(25)2/h6-17,20H,4-5,18H2,1-3H3,(H,28,30)(H,29,31). The third kappa shape index (κ3) is 7.39. The number of nitrogens with one attached hydrogen (secondary N) is 2. The van der Waals surface area contributed by atoms with Crippen molar-refractivity contribution >= 4 is 35.0 Å². The molecule has 3 aromatic carbocycles. The van der Waals surface area contributed by atoms with E-state index in [-0.39, 0.29) is 17.1 Å². The van der Waals surface area contributed by atoms with Crippen LogP contribution in [0.1, 0.15) is 42.6 Å². The van der Waals surface area contributed by atoms with Crippen molar-refractivity contribution in [2.75, 3.05) is 17.2 Å². The molecule has 6 heteroatoms. The minimum atomic E-state index is -0.280. The number of hydrogen-bond acceptors (Lipinski definition) is 4. The van der Waals surface area contributed by atoms with Crippen LogP contribution in [0.25, 0.3) is 0 Å². The Morgan fingerprint density at radius 2 is 1.55 bits per heavy atom. The van der Waals surface area contributed by atoms with Gasteiger partial charge in [0.1, 0.15) is 5.75 Å². The highest BCUT2D eigenvalue weighted by molar-refractivity contribution is 8.00. The summed E-state index contributed by atoms with van der Waals surface area (Å²) < 4.78 is 5.65. The van der Waals surface area contributed by atoms with Gasteiger partial charge in [-0.05, 0) is 80.4 Å². The summed E-state index contributed by atoms with van der Waals surface area (Å²) in [6, 6.07) is 22.4. The molecule has 3 rings (SSSR count). The minimum absolute atomic E-state index is 0.0726. The first-order valence-electron chi connectivity index (χ1n) is 11.1. The second-order valence-electron chi connectivity index (χ2n) is 7.77. The normalized spacial score (nSPS) is 11.5. The van der Waals surface area contributed by atoms with Crippen LogP contribution in [-0.4, -0.2) is 23.7 Å². The van der Waals surface area contributed by atoms with E-state index in [1.165, 1.54) is 11.8 Å². The van der Waals surface area contributed by atoms with Gasteiger partial charge in [-0.1, -0.05) is 31.5 Å². The van der Waals surface area contributed by atoms with Crippen molar-refractivity contribution in [2.24, 2.45) is 0 Å². The number of thioether (sulfide) groups is 1. The van der Waals surface area contributed by atoms with E-state index in [0.29, 0.717) is 17.9 Å². The lowest BCUT2D eigenvalue weighted by atomic mass is 10.1. The van der Waals surface area contributed by atoms with Gasteiger partial charge >= 0.3 is 0 Å². The Morgan fingerprint density at radius 3 is 2.21 bits per heavy atom. The molecule has 0 fully saturated rings. The molecule has 0 spiro atoms. The number of benzene rings is 3. The van der Waals surface area contributed by atoms with Gasteiger partial charge in [0.15, 0.2) is 0 Å². The van der Waals surface area contributed by atoms with Gasteiger partial charge in [-0.3, -0.25) is 9.59 Å². The third-order valence-corrected chi connectivity index (χ3v) is 6.18. The predicted octanol–water partition coefficient (Wildman–Crippen LogP) is 6.55. The first kappa shape index (κ1) is 24.4. The Morgan fingerprint density at radius 1 is 0.909 bits per heavy atom. The first-order chi connectivity index (χ1) is 16.0. The van der Waals surface area contributed by atoms with Crippen molar-refractivity contribution in [3.8, 4) is 5.75 Å². The van der Waals surface area contributed by atoms with Crippen LogP contribution in [-0.2, 0) is 4.79 Å². The summed E-state index contributed by atoms with van der Waals surface area (Å²) in [6.07, 6.45) is 2.11. The lowest BCUT2D eigenvalue weighted by molar-refractivity contribution is -0.115. The molecule has 0 saturated carbocycles. The van der Waals surface area contributed by atoms with Crippen LogP contribution in [0.5, 0.6) is 5.75 Å². The van der Waals surface area contributed by atoms with Crippen LogP contribution in [0.2, 0.25) is 0 Å². The molecule has 2 N–H and O–H groups in total. The largest absolute Gasteiger partial charge is 0.494 e. The quantitative estimate of drug-likeness (QED) is 0.265. The van der Waals surface area contributed by atoms with Crippen molar-refractivity contribution in [3.05, 3.63) is 83.9 Å². The fraction of sp³-hybridized carbons (Fsp3) is 0.259.